The van der Waals surface area contributed by atoms with Crippen molar-refractivity contribution in [1.29, 1.82) is 0 Å². The van der Waals surface area contributed by atoms with Crippen molar-refractivity contribution in [2.45, 2.75) is 52.9 Å². The molecule has 0 radical (unpaired) electrons. The van der Waals surface area contributed by atoms with Gasteiger partial charge in [0.1, 0.15) is 5.75 Å². The Labute approximate surface area is 204 Å². The lowest BCUT2D eigenvalue weighted by Gasteiger charge is -2.33. The van der Waals surface area contributed by atoms with Crippen LogP contribution in [0.25, 0.3) is 0 Å². The molecule has 0 saturated carbocycles. The third kappa shape index (κ3) is 4.50. The molecule has 6 nitrogen and oxygen atoms in total. The Kier molecular flexibility index (Phi) is 6.00. The van der Waals surface area contributed by atoms with E-state index in [1.807, 2.05) is 4.90 Å². The lowest BCUT2D eigenvalue weighted by atomic mass is 9.72. The van der Waals surface area contributed by atoms with Crippen molar-refractivity contribution in [3.8, 4) is 5.75 Å². The number of carbonyl (C=O) groups is 3. The summed E-state index contributed by atoms with van der Waals surface area (Å²) in [5, 5.41) is 2.76. The second-order valence-electron chi connectivity index (χ2n) is 10.8. The standard InChI is InChI=1S/C27H32N2O4S/c1-27(2,3)19-5-7-22-18(12-19)14-23(34-22)26(32)29-10-8-16(9-11-29)25(31)17-4-6-21-20(13-17)28-24(30)15-33-21/h4,6,13-14,16,19H,5,7-12,15H2,1-3H3,(H,28,30). The van der Waals surface area contributed by atoms with Gasteiger partial charge in [-0.15, -0.1) is 11.3 Å². The Hall–Kier alpha value is -2.67. The third-order valence-electron chi connectivity index (χ3n) is 7.57. The average molecular weight is 481 g/mol. The number of nitrogens with one attached hydrogen (secondary N) is 1. The molecule has 2 amide bonds. The van der Waals surface area contributed by atoms with Gasteiger partial charge in [-0.3, -0.25) is 14.4 Å². The largest absolute Gasteiger partial charge is 0.482 e. The minimum Gasteiger partial charge on any atom is -0.482 e. The van der Waals surface area contributed by atoms with Crippen LogP contribution in [-0.2, 0) is 17.6 Å². The van der Waals surface area contributed by atoms with Crippen LogP contribution >= 0.6 is 11.3 Å². The molecule has 1 N–H and O–H groups in total. The van der Waals surface area contributed by atoms with Gasteiger partial charge in [-0.1, -0.05) is 20.8 Å². The van der Waals surface area contributed by atoms with E-state index < -0.39 is 0 Å². The van der Waals surface area contributed by atoms with Crippen molar-refractivity contribution in [2.24, 2.45) is 17.3 Å². The van der Waals surface area contributed by atoms with Gasteiger partial charge in [0, 0.05) is 29.4 Å². The van der Waals surface area contributed by atoms with Gasteiger partial charge in [0.05, 0.1) is 10.6 Å². The Bertz CT molecular complexity index is 1140. The van der Waals surface area contributed by atoms with Crippen molar-refractivity contribution in [1.82, 2.24) is 4.90 Å². The number of amides is 2. The van der Waals surface area contributed by atoms with E-state index in [-0.39, 0.29) is 35.5 Å². The number of hydrogen-bond acceptors (Lipinski definition) is 5. The van der Waals surface area contributed by atoms with Crippen LogP contribution in [0.4, 0.5) is 5.69 Å². The van der Waals surface area contributed by atoms with Crippen LogP contribution in [0.15, 0.2) is 24.3 Å². The van der Waals surface area contributed by atoms with E-state index in [0.717, 1.165) is 17.7 Å². The lowest BCUT2D eigenvalue weighted by Crippen LogP contribution is -2.40. The number of Topliss-reactive ketones (excluding diaryl/α,β-unsaturated/α-hetero) is 1. The van der Waals surface area contributed by atoms with Gasteiger partial charge in [-0.25, -0.2) is 0 Å². The molecular formula is C27H32N2O4S. The molecule has 3 aliphatic rings. The van der Waals surface area contributed by atoms with Crippen LogP contribution in [0, 0.1) is 17.3 Å². The number of likely N-dealkylation sites (tertiary alicyclic amines) is 1. The first kappa shape index (κ1) is 23.1. The van der Waals surface area contributed by atoms with Crippen molar-refractivity contribution >= 4 is 34.6 Å². The number of ether oxygens (including phenoxy) is 1. The van der Waals surface area contributed by atoms with Crippen LogP contribution in [-0.4, -0.2) is 42.2 Å². The number of benzene rings is 1. The molecule has 1 unspecified atom stereocenters. The summed E-state index contributed by atoms with van der Waals surface area (Å²) in [6, 6.07) is 7.33. The van der Waals surface area contributed by atoms with E-state index in [2.05, 4.69) is 32.2 Å². The number of hydrogen-bond donors (Lipinski definition) is 1. The minimum absolute atomic E-state index is 0.00280. The molecule has 34 heavy (non-hydrogen) atoms. The number of carbonyl (C=O) groups excluding carboxylic acids is 3. The molecule has 5 rings (SSSR count). The van der Waals surface area contributed by atoms with Crippen molar-refractivity contribution in [3.05, 3.63) is 45.1 Å². The maximum absolute atomic E-state index is 13.2. The summed E-state index contributed by atoms with van der Waals surface area (Å²) in [6.45, 7) is 8.10. The van der Waals surface area contributed by atoms with E-state index >= 15 is 0 Å². The minimum atomic E-state index is -0.215. The molecule has 1 aromatic heterocycles. The number of ketones is 1. The summed E-state index contributed by atoms with van der Waals surface area (Å²) in [4.78, 5) is 42.0. The maximum atomic E-state index is 13.2. The fourth-order valence-corrected chi connectivity index (χ4v) is 6.52. The molecule has 1 atom stereocenters. The smallest absolute Gasteiger partial charge is 0.263 e. The number of anilines is 1. The first-order chi connectivity index (χ1) is 16.2. The Morgan fingerprint density at radius 2 is 1.88 bits per heavy atom. The van der Waals surface area contributed by atoms with Crippen molar-refractivity contribution in [2.75, 3.05) is 25.0 Å². The topological polar surface area (TPSA) is 75.7 Å². The molecule has 7 heteroatoms. The van der Waals surface area contributed by atoms with Gasteiger partial charge < -0.3 is 15.0 Å². The maximum Gasteiger partial charge on any atom is 0.263 e. The third-order valence-corrected chi connectivity index (χ3v) is 8.79. The molecule has 1 saturated heterocycles. The number of nitrogens with zero attached hydrogens (tertiary/aromatic N) is 1. The zero-order chi connectivity index (χ0) is 24.0. The Morgan fingerprint density at radius 3 is 2.62 bits per heavy atom. The molecule has 2 aliphatic heterocycles. The predicted octanol–water partition coefficient (Wildman–Crippen LogP) is 4.97. The fraction of sp³-hybridized carbons (Fsp3) is 0.519. The molecule has 1 aliphatic carbocycles. The van der Waals surface area contributed by atoms with Crippen LogP contribution in [0.3, 0.4) is 0 Å². The summed E-state index contributed by atoms with van der Waals surface area (Å²) in [5.74, 6) is 1.08. The van der Waals surface area contributed by atoms with Crippen LogP contribution in [0.5, 0.6) is 5.75 Å². The van der Waals surface area contributed by atoms with E-state index in [9.17, 15) is 14.4 Å². The SMILES string of the molecule is CC(C)(C)C1CCc2sc(C(=O)N3CCC(C(=O)c4ccc5c(c4)NC(=O)CO5)CC3)cc2C1. The van der Waals surface area contributed by atoms with Gasteiger partial charge in [0.15, 0.2) is 12.4 Å². The van der Waals surface area contributed by atoms with E-state index in [4.69, 9.17) is 4.74 Å². The number of rotatable bonds is 3. The van der Waals surface area contributed by atoms with Crippen LogP contribution in [0.1, 0.15) is 70.5 Å². The highest BCUT2D eigenvalue weighted by Crippen LogP contribution is 2.40. The molecule has 1 fully saturated rings. The normalized spacial score (nSPS) is 20.7. The number of piperidine rings is 1. The Morgan fingerprint density at radius 1 is 1.12 bits per heavy atom. The molecule has 0 spiro atoms. The van der Waals surface area contributed by atoms with E-state index in [1.54, 1.807) is 29.5 Å². The summed E-state index contributed by atoms with van der Waals surface area (Å²) in [5.41, 5.74) is 2.77. The highest BCUT2D eigenvalue weighted by molar-refractivity contribution is 7.14. The van der Waals surface area contributed by atoms with Crippen LogP contribution < -0.4 is 10.1 Å². The van der Waals surface area contributed by atoms with Gasteiger partial charge in [0.2, 0.25) is 0 Å². The average Bonchev–Trinajstić information content (AvgIpc) is 3.26. The zero-order valence-corrected chi connectivity index (χ0v) is 20.9. The molecule has 1 aromatic carbocycles. The summed E-state index contributed by atoms with van der Waals surface area (Å²) in [6.07, 6.45) is 4.63. The Balaban J connectivity index is 1.21. The fourth-order valence-electron chi connectivity index (χ4n) is 5.34. The summed E-state index contributed by atoms with van der Waals surface area (Å²) < 4.78 is 5.38. The van der Waals surface area contributed by atoms with E-state index in [0.29, 0.717) is 48.8 Å². The van der Waals surface area contributed by atoms with E-state index in [1.165, 1.54) is 16.9 Å². The first-order valence-corrected chi connectivity index (χ1v) is 13.0. The number of fused-ring (bicyclic) bond motifs is 2. The van der Waals surface area contributed by atoms with Crippen molar-refractivity contribution < 1.29 is 19.1 Å². The number of aryl methyl sites for hydroxylation is 1. The van der Waals surface area contributed by atoms with Gasteiger partial charge in [-0.2, -0.15) is 0 Å². The lowest BCUT2D eigenvalue weighted by molar-refractivity contribution is -0.118. The summed E-state index contributed by atoms with van der Waals surface area (Å²) >= 11 is 1.66. The van der Waals surface area contributed by atoms with Gasteiger partial charge in [0.25, 0.3) is 11.8 Å². The van der Waals surface area contributed by atoms with Crippen molar-refractivity contribution in [3.63, 3.8) is 0 Å². The quantitative estimate of drug-likeness (QED) is 0.630. The molecule has 3 heterocycles. The zero-order valence-electron chi connectivity index (χ0n) is 20.1. The predicted molar refractivity (Wildman–Crippen MR) is 133 cm³/mol. The first-order valence-electron chi connectivity index (χ1n) is 12.2. The second kappa shape index (κ2) is 8.84. The molecule has 180 valence electrons. The van der Waals surface area contributed by atoms with Gasteiger partial charge >= 0.3 is 0 Å². The highest BCUT2D eigenvalue weighted by atomic mass is 32.1. The second-order valence-corrected chi connectivity index (χ2v) is 12.0. The summed E-state index contributed by atoms with van der Waals surface area (Å²) in [7, 11) is 0. The van der Waals surface area contributed by atoms with Gasteiger partial charge in [-0.05, 0) is 73.3 Å². The molecule has 0 bridgehead atoms. The number of thiophene rings is 1. The highest BCUT2D eigenvalue weighted by Gasteiger charge is 2.33. The monoisotopic (exact) mass is 480 g/mol. The molecule has 2 aromatic rings. The van der Waals surface area contributed by atoms with Crippen LogP contribution in [0.2, 0.25) is 0 Å². The molecular weight excluding hydrogens is 448 g/mol.